The van der Waals surface area contributed by atoms with Crippen LogP contribution in [0.1, 0.15) is 12.0 Å². The molecule has 138 valence electrons. The number of fused-ring (bicyclic) bond motifs is 2. The third kappa shape index (κ3) is 3.98. The molecule has 1 aliphatic heterocycles. The number of pyridine rings is 1. The van der Waals surface area contributed by atoms with Crippen LogP contribution in [-0.4, -0.2) is 23.4 Å². The highest BCUT2D eigenvalue weighted by atomic mass is 32.2. The van der Waals surface area contributed by atoms with E-state index in [1.165, 1.54) is 6.07 Å². The van der Waals surface area contributed by atoms with E-state index in [1.54, 1.807) is 54.4 Å². The number of rotatable bonds is 6. The van der Waals surface area contributed by atoms with Gasteiger partial charge in [0, 0.05) is 41.3 Å². The number of hydrogen-bond donors (Lipinski definition) is 1. The minimum atomic E-state index is -0.269. The third-order valence-electron chi connectivity index (χ3n) is 4.19. The molecule has 0 aliphatic carbocycles. The third-order valence-corrected chi connectivity index (χ3v) is 5.20. The van der Waals surface area contributed by atoms with Crippen molar-refractivity contribution in [2.45, 2.75) is 12.2 Å². The molecule has 0 saturated carbocycles. The number of benzene rings is 2. The van der Waals surface area contributed by atoms with Crippen LogP contribution in [-0.2, 0) is 10.5 Å². The van der Waals surface area contributed by atoms with Gasteiger partial charge in [-0.05, 0) is 35.9 Å². The van der Waals surface area contributed by atoms with Crippen molar-refractivity contribution in [3.8, 4) is 11.5 Å². The second-order valence-corrected chi connectivity index (χ2v) is 7.13. The van der Waals surface area contributed by atoms with Gasteiger partial charge in [-0.1, -0.05) is 6.07 Å². The zero-order chi connectivity index (χ0) is 18.6. The van der Waals surface area contributed by atoms with E-state index < -0.39 is 0 Å². The van der Waals surface area contributed by atoms with E-state index in [1.807, 2.05) is 0 Å². The number of hydrogen-bond acceptors (Lipinski definition) is 5. The Bertz CT molecular complexity index is 996. The van der Waals surface area contributed by atoms with Crippen molar-refractivity contribution in [1.82, 2.24) is 4.98 Å². The van der Waals surface area contributed by atoms with Crippen LogP contribution in [0.5, 0.6) is 11.5 Å². The molecule has 0 saturated heterocycles. The van der Waals surface area contributed by atoms with Gasteiger partial charge >= 0.3 is 0 Å². The number of nitrogens with zero attached hydrogens (tertiary/aromatic N) is 1. The van der Waals surface area contributed by atoms with Crippen LogP contribution in [0.2, 0.25) is 0 Å². The molecule has 0 spiro atoms. The van der Waals surface area contributed by atoms with Crippen LogP contribution in [0.25, 0.3) is 10.9 Å². The van der Waals surface area contributed by atoms with Crippen molar-refractivity contribution < 1.29 is 18.7 Å². The summed E-state index contributed by atoms with van der Waals surface area (Å²) >= 11 is 1.62. The van der Waals surface area contributed by atoms with Crippen molar-refractivity contribution in [2.24, 2.45) is 0 Å². The van der Waals surface area contributed by atoms with Gasteiger partial charge in [-0.15, -0.1) is 0 Å². The van der Waals surface area contributed by atoms with Crippen LogP contribution < -0.4 is 14.8 Å². The van der Waals surface area contributed by atoms with E-state index in [4.69, 9.17) is 9.47 Å². The smallest absolute Gasteiger partial charge is 0.231 e. The first-order valence-electron chi connectivity index (χ1n) is 8.50. The number of carbonyl (C=O) groups excluding carboxylic acids is 1. The summed E-state index contributed by atoms with van der Waals surface area (Å²) in [6, 6.07) is 12.0. The molecule has 4 rings (SSSR count). The lowest BCUT2D eigenvalue weighted by atomic mass is 10.1. The highest BCUT2D eigenvalue weighted by Crippen LogP contribution is 2.34. The zero-order valence-electron chi connectivity index (χ0n) is 14.4. The molecule has 1 amide bonds. The minimum Gasteiger partial charge on any atom is -0.454 e. The van der Waals surface area contributed by atoms with Crippen LogP contribution in [0.15, 0.2) is 48.7 Å². The van der Waals surface area contributed by atoms with Crippen molar-refractivity contribution in [2.75, 3.05) is 17.9 Å². The van der Waals surface area contributed by atoms with Crippen molar-refractivity contribution in [3.63, 3.8) is 0 Å². The molecular weight excluding hydrogens is 367 g/mol. The molecule has 1 N–H and O–H groups in total. The van der Waals surface area contributed by atoms with E-state index in [0.717, 1.165) is 5.56 Å². The number of thioether (sulfide) groups is 1. The maximum absolute atomic E-state index is 13.8. The van der Waals surface area contributed by atoms with Gasteiger partial charge in [0.2, 0.25) is 12.7 Å². The maximum atomic E-state index is 13.8. The lowest BCUT2D eigenvalue weighted by Gasteiger charge is -2.08. The topological polar surface area (TPSA) is 60.5 Å². The minimum absolute atomic E-state index is 0.0662. The van der Waals surface area contributed by atoms with E-state index in [9.17, 15) is 9.18 Å². The van der Waals surface area contributed by atoms with Crippen molar-refractivity contribution in [1.29, 1.82) is 0 Å². The summed E-state index contributed by atoms with van der Waals surface area (Å²) in [5, 5.41) is 3.38. The Morgan fingerprint density at radius 2 is 2.07 bits per heavy atom. The van der Waals surface area contributed by atoms with Crippen LogP contribution in [0.4, 0.5) is 10.1 Å². The monoisotopic (exact) mass is 384 g/mol. The summed E-state index contributed by atoms with van der Waals surface area (Å²) in [4.78, 5) is 16.4. The Hall–Kier alpha value is -2.80. The predicted octanol–water partition coefficient (Wildman–Crippen LogP) is 4.36. The lowest BCUT2D eigenvalue weighted by Crippen LogP contribution is -2.12. The fourth-order valence-electron chi connectivity index (χ4n) is 2.86. The highest BCUT2D eigenvalue weighted by Gasteiger charge is 2.14. The molecule has 1 aliphatic rings. The van der Waals surface area contributed by atoms with E-state index in [0.29, 0.717) is 46.0 Å². The molecule has 2 heterocycles. The number of halogens is 1. The Labute approximate surface area is 159 Å². The summed E-state index contributed by atoms with van der Waals surface area (Å²) in [6.45, 7) is 0.205. The van der Waals surface area contributed by atoms with Gasteiger partial charge in [-0.2, -0.15) is 11.8 Å². The molecule has 1 aromatic heterocycles. The molecule has 0 radical (unpaired) electrons. The molecule has 3 aromatic rings. The van der Waals surface area contributed by atoms with Gasteiger partial charge in [-0.25, -0.2) is 4.39 Å². The predicted molar refractivity (Wildman–Crippen MR) is 104 cm³/mol. The maximum Gasteiger partial charge on any atom is 0.231 e. The first-order valence-corrected chi connectivity index (χ1v) is 9.65. The molecule has 0 atom stereocenters. The Balaban J connectivity index is 1.29. The quantitative estimate of drug-likeness (QED) is 0.640. The van der Waals surface area contributed by atoms with Gasteiger partial charge in [0.1, 0.15) is 5.82 Å². The second-order valence-electron chi connectivity index (χ2n) is 6.02. The van der Waals surface area contributed by atoms with Crippen molar-refractivity contribution >= 4 is 34.3 Å². The van der Waals surface area contributed by atoms with Gasteiger partial charge in [0.15, 0.2) is 11.5 Å². The second kappa shape index (κ2) is 7.84. The average molecular weight is 384 g/mol. The first kappa shape index (κ1) is 17.6. The largest absolute Gasteiger partial charge is 0.454 e. The standard InChI is InChI=1S/C20H17FN2O3S/c21-16-5-3-13(20-15(16)2-1-8-22-20)11-27-9-7-19(24)23-14-4-6-17-18(10-14)26-12-25-17/h1-6,8,10H,7,9,11-12H2,(H,23,24). The van der Waals surface area contributed by atoms with Crippen molar-refractivity contribution in [3.05, 3.63) is 60.0 Å². The molecule has 27 heavy (non-hydrogen) atoms. The van der Waals surface area contributed by atoms with Crippen LogP contribution >= 0.6 is 11.8 Å². The summed E-state index contributed by atoms with van der Waals surface area (Å²) in [6.07, 6.45) is 2.04. The Morgan fingerprint density at radius 1 is 1.19 bits per heavy atom. The molecule has 5 nitrogen and oxygen atoms in total. The number of anilines is 1. The number of aromatic nitrogens is 1. The summed E-state index contributed by atoms with van der Waals surface area (Å²) in [7, 11) is 0. The van der Waals surface area contributed by atoms with Gasteiger partial charge in [-0.3, -0.25) is 9.78 Å². The van der Waals surface area contributed by atoms with Gasteiger partial charge in [0.25, 0.3) is 0 Å². The Morgan fingerprint density at radius 3 is 3.00 bits per heavy atom. The van der Waals surface area contributed by atoms with E-state index >= 15 is 0 Å². The fourth-order valence-corrected chi connectivity index (χ4v) is 3.78. The summed E-state index contributed by atoms with van der Waals surface area (Å²) < 4.78 is 24.4. The average Bonchev–Trinajstić information content (AvgIpc) is 3.15. The molecule has 2 aromatic carbocycles. The normalized spacial score (nSPS) is 12.3. The molecule has 0 unspecified atom stereocenters. The lowest BCUT2D eigenvalue weighted by molar-refractivity contribution is -0.115. The number of amides is 1. The number of nitrogens with one attached hydrogen (secondary N) is 1. The van der Waals surface area contributed by atoms with Gasteiger partial charge in [0.05, 0.1) is 5.52 Å². The summed E-state index contributed by atoms with van der Waals surface area (Å²) in [5.74, 6) is 2.31. The number of ether oxygens (including phenoxy) is 2. The van der Waals surface area contributed by atoms with Gasteiger partial charge < -0.3 is 14.8 Å². The van der Waals surface area contributed by atoms with E-state index in [-0.39, 0.29) is 18.5 Å². The SMILES string of the molecule is O=C(CCSCc1ccc(F)c2cccnc12)Nc1ccc2c(c1)OCO2. The molecular formula is C20H17FN2O3S. The molecule has 7 heteroatoms. The number of carbonyl (C=O) groups is 1. The molecule has 0 fully saturated rings. The van der Waals surface area contributed by atoms with E-state index in [2.05, 4.69) is 10.3 Å². The first-order chi connectivity index (χ1) is 13.2. The Kier molecular flexibility index (Phi) is 5.11. The zero-order valence-corrected chi connectivity index (χ0v) is 15.2. The highest BCUT2D eigenvalue weighted by molar-refractivity contribution is 7.98. The fraction of sp³-hybridized carbons (Fsp3) is 0.200. The molecule has 0 bridgehead atoms. The van der Waals surface area contributed by atoms with Crippen LogP contribution in [0.3, 0.4) is 0 Å². The van der Waals surface area contributed by atoms with Crippen LogP contribution in [0, 0.1) is 5.82 Å². The summed E-state index contributed by atoms with van der Waals surface area (Å²) in [5.41, 5.74) is 2.32.